The summed E-state index contributed by atoms with van der Waals surface area (Å²) in [7, 11) is -0.227. The van der Waals surface area contributed by atoms with Crippen LogP contribution >= 0.6 is 0 Å². The molecule has 0 N–H and O–H groups in total. The van der Waals surface area contributed by atoms with Crippen molar-refractivity contribution in [2.45, 2.75) is 19.3 Å². The first-order chi connectivity index (χ1) is 21.2. The second-order valence-electron chi connectivity index (χ2n) is 11.5. The molecule has 3 aliphatic heterocycles. The lowest BCUT2D eigenvalue weighted by Crippen LogP contribution is -2.50. The number of anilines is 2. The maximum absolute atomic E-state index is 10.1. The molecule has 5 nitrogen and oxygen atoms in total. The molecule has 1 aromatic heterocycles. The number of para-hydroxylation sites is 4. The van der Waals surface area contributed by atoms with Gasteiger partial charge in [-0.2, -0.15) is 5.26 Å². The van der Waals surface area contributed by atoms with E-state index in [9.17, 15) is 5.26 Å². The zero-order valence-corrected chi connectivity index (χ0v) is 23.5. The van der Waals surface area contributed by atoms with Gasteiger partial charge in [-0.05, 0) is 83.0 Å². The number of nitriles is 1. The van der Waals surface area contributed by atoms with Gasteiger partial charge < -0.3 is 9.47 Å². The van der Waals surface area contributed by atoms with E-state index in [4.69, 9.17) is 9.65 Å². The molecule has 0 amide bonds. The Morgan fingerprint density at radius 3 is 2.56 bits per heavy atom. The summed E-state index contributed by atoms with van der Waals surface area (Å²) < 4.78 is 8.73. The van der Waals surface area contributed by atoms with Crippen LogP contribution in [0.5, 0.6) is 5.75 Å². The molecule has 43 heavy (non-hydrogen) atoms. The van der Waals surface area contributed by atoms with Crippen molar-refractivity contribution in [2.24, 2.45) is 4.99 Å². The summed E-state index contributed by atoms with van der Waals surface area (Å²) in [5, 5.41) is 11.3. The molecule has 1 atom stereocenters. The minimum absolute atomic E-state index is 0.227. The standard InChI is InChI=1S/C37H25BN4O/c1-23-16-17-40-37-36(23)29-9-3-4-10-32(29)41(37)27-19-24(22-39)18-26(20-27)25-14-15-31-30(21-25)28-8-2-5-11-33(28)42-34-12-6-7-13-35(34)43-38(31)42/h2-15,17-21,23H,16H2,1H3. The number of rotatable bonds is 2. The molecule has 0 spiro atoms. The molecule has 6 aromatic rings. The predicted molar refractivity (Wildman–Crippen MR) is 175 cm³/mol. The van der Waals surface area contributed by atoms with Crippen molar-refractivity contribution in [1.29, 1.82) is 5.26 Å². The smallest absolute Gasteiger partial charge is 0.524 e. The van der Waals surface area contributed by atoms with Crippen LogP contribution in [-0.4, -0.2) is 17.8 Å². The third-order valence-electron chi connectivity index (χ3n) is 9.06. The third-order valence-corrected chi connectivity index (χ3v) is 9.06. The van der Waals surface area contributed by atoms with Crippen LogP contribution < -0.4 is 14.9 Å². The summed E-state index contributed by atoms with van der Waals surface area (Å²) in [6.45, 7) is 2.26. The summed E-state index contributed by atoms with van der Waals surface area (Å²) >= 11 is 0. The fourth-order valence-electron chi connectivity index (χ4n) is 7.12. The summed E-state index contributed by atoms with van der Waals surface area (Å²) in [5.41, 5.74) is 11.6. The lowest BCUT2D eigenvalue weighted by atomic mass is 9.64. The van der Waals surface area contributed by atoms with E-state index in [-0.39, 0.29) is 7.05 Å². The van der Waals surface area contributed by atoms with Crippen molar-refractivity contribution in [3.63, 3.8) is 0 Å². The van der Waals surface area contributed by atoms with Crippen molar-refractivity contribution < 1.29 is 4.65 Å². The fraction of sp³-hybridized carbons (Fsp3) is 0.0811. The molecular formula is C37H25BN4O. The average molecular weight is 552 g/mol. The molecule has 4 heterocycles. The third kappa shape index (κ3) is 3.42. The summed E-state index contributed by atoms with van der Waals surface area (Å²) in [4.78, 5) is 7.18. The highest BCUT2D eigenvalue weighted by atomic mass is 16.5. The van der Waals surface area contributed by atoms with Crippen LogP contribution in [0.25, 0.3) is 38.8 Å². The van der Waals surface area contributed by atoms with Crippen LogP contribution in [0.2, 0.25) is 0 Å². The van der Waals surface area contributed by atoms with E-state index in [1.54, 1.807) is 0 Å². The highest BCUT2D eigenvalue weighted by Crippen LogP contribution is 2.48. The number of benzene rings is 5. The first kappa shape index (κ1) is 24.1. The van der Waals surface area contributed by atoms with E-state index in [1.165, 1.54) is 16.5 Å². The Hall–Kier alpha value is -5.54. The Bertz CT molecular complexity index is 2210. The molecule has 202 valence electrons. The molecule has 9 rings (SSSR count). The number of hydrogen-bond acceptors (Lipinski definition) is 4. The molecule has 0 fully saturated rings. The fourth-order valence-corrected chi connectivity index (χ4v) is 7.12. The first-order valence-electron chi connectivity index (χ1n) is 14.7. The van der Waals surface area contributed by atoms with Crippen LogP contribution in [0.3, 0.4) is 0 Å². The molecular weight excluding hydrogens is 527 g/mol. The Morgan fingerprint density at radius 1 is 0.837 bits per heavy atom. The molecule has 0 bridgehead atoms. The van der Waals surface area contributed by atoms with Gasteiger partial charge in [0.25, 0.3) is 0 Å². The van der Waals surface area contributed by atoms with Crippen LogP contribution in [0.15, 0.2) is 114 Å². The van der Waals surface area contributed by atoms with Crippen LogP contribution in [0.4, 0.5) is 17.2 Å². The second kappa shape index (κ2) is 8.98. The van der Waals surface area contributed by atoms with Gasteiger partial charge >= 0.3 is 7.05 Å². The van der Waals surface area contributed by atoms with Crippen molar-refractivity contribution >= 4 is 46.8 Å². The second-order valence-corrected chi connectivity index (χ2v) is 11.5. The minimum atomic E-state index is -0.227. The Kier molecular flexibility index (Phi) is 5.03. The lowest BCUT2D eigenvalue weighted by Gasteiger charge is -2.31. The summed E-state index contributed by atoms with van der Waals surface area (Å²) in [6.07, 6.45) is 2.94. The van der Waals surface area contributed by atoms with Crippen molar-refractivity contribution in [2.75, 3.05) is 4.81 Å². The van der Waals surface area contributed by atoms with Crippen molar-refractivity contribution in [3.05, 3.63) is 120 Å². The number of hydrogen-bond donors (Lipinski definition) is 0. The van der Waals surface area contributed by atoms with Crippen molar-refractivity contribution in [3.8, 4) is 39.8 Å². The maximum Gasteiger partial charge on any atom is 0.524 e. The van der Waals surface area contributed by atoms with Gasteiger partial charge in [-0.3, -0.25) is 4.57 Å². The Morgan fingerprint density at radius 2 is 1.65 bits per heavy atom. The number of aromatic nitrogens is 1. The molecule has 3 aliphatic rings. The monoisotopic (exact) mass is 552 g/mol. The van der Waals surface area contributed by atoms with Gasteiger partial charge in [0.2, 0.25) is 0 Å². The molecule has 0 saturated carbocycles. The molecule has 0 radical (unpaired) electrons. The first-order valence-corrected chi connectivity index (χ1v) is 14.7. The molecule has 0 aliphatic carbocycles. The highest BCUT2D eigenvalue weighted by molar-refractivity contribution is 6.77. The van der Waals surface area contributed by atoms with E-state index in [1.807, 2.05) is 30.5 Å². The van der Waals surface area contributed by atoms with Crippen LogP contribution in [0, 0.1) is 11.3 Å². The molecule has 5 aromatic carbocycles. The van der Waals surface area contributed by atoms with Gasteiger partial charge in [0.15, 0.2) is 0 Å². The van der Waals surface area contributed by atoms with E-state index in [2.05, 4.69) is 107 Å². The quantitative estimate of drug-likeness (QED) is 0.203. The van der Waals surface area contributed by atoms with E-state index in [0.29, 0.717) is 11.5 Å². The normalized spacial score (nSPS) is 15.7. The highest BCUT2D eigenvalue weighted by Gasteiger charge is 2.44. The Labute approximate surface area is 250 Å². The summed E-state index contributed by atoms with van der Waals surface area (Å²) in [5.74, 6) is 2.23. The zero-order valence-electron chi connectivity index (χ0n) is 23.5. The largest absolute Gasteiger partial charge is 0.536 e. The van der Waals surface area contributed by atoms with Gasteiger partial charge in [-0.1, -0.05) is 67.6 Å². The molecule has 1 unspecified atom stereocenters. The maximum atomic E-state index is 10.1. The number of fused-ring (bicyclic) bond motifs is 11. The van der Waals surface area contributed by atoms with Crippen molar-refractivity contribution in [1.82, 2.24) is 4.57 Å². The SMILES string of the molecule is CC1CC=Nc2c1c1ccccc1n2-c1cc(C#N)cc(-c2ccc3c(c2)-c2ccccc2N2B3Oc3ccccc32)c1. The minimum Gasteiger partial charge on any atom is -0.536 e. The van der Waals surface area contributed by atoms with Gasteiger partial charge in [-0.15, -0.1) is 0 Å². The van der Waals surface area contributed by atoms with Crippen LogP contribution in [-0.2, 0) is 0 Å². The van der Waals surface area contributed by atoms with E-state index in [0.717, 1.165) is 62.7 Å². The van der Waals surface area contributed by atoms with Gasteiger partial charge in [0, 0.05) is 34.1 Å². The number of nitrogens with zero attached hydrogens (tertiary/aromatic N) is 4. The summed E-state index contributed by atoms with van der Waals surface area (Å²) in [6, 6.07) is 40.4. The van der Waals surface area contributed by atoms with Gasteiger partial charge in [0.05, 0.1) is 22.8 Å². The van der Waals surface area contributed by atoms with Gasteiger partial charge in [0.1, 0.15) is 11.6 Å². The van der Waals surface area contributed by atoms with Gasteiger partial charge in [-0.25, -0.2) is 4.99 Å². The predicted octanol–water partition coefficient (Wildman–Crippen LogP) is 8.28. The van der Waals surface area contributed by atoms with E-state index < -0.39 is 0 Å². The van der Waals surface area contributed by atoms with E-state index >= 15 is 0 Å². The zero-order chi connectivity index (χ0) is 28.7. The Balaban J connectivity index is 1.23. The topological polar surface area (TPSA) is 53.5 Å². The van der Waals surface area contributed by atoms with Crippen LogP contribution in [0.1, 0.15) is 30.4 Å². The average Bonchev–Trinajstić information content (AvgIpc) is 3.62. The molecule has 0 saturated heterocycles. The lowest BCUT2D eigenvalue weighted by molar-refractivity contribution is 0.603. The molecule has 6 heteroatoms. The number of aliphatic imine (C=N–C) groups is 1.